The maximum atomic E-state index is 13.0. The SMILES string of the molecule is COc1ncnc2sc(NC(=O)ON3CCC(N)(c4cccc(C(F)(F)F)c4)CC3)nc12. The first-order valence-electron chi connectivity index (χ1n) is 9.54. The van der Waals surface area contributed by atoms with Crippen LogP contribution in [0.15, 0.2) is 30.6 Å². The molecule has 0 bridgehead atoms. The van der Waals surface area contributed by atoms with Crippen LogP contribution in [-0.4, -0.2) is 46.3 Å². The lowest BCUT2D eigenvalue weighted by Gasteiger charge is -2.38. The first-order chi connectivity index (χ1) is 15.2. The van der Waals surface area contributed by atoms with Crippen LogP contribution < -0.4 is 15.8 Å². The van der Waals surface area contributed by atoms with Gasteiger partial charge in [-0.1, -0.05) is 23.5 Å². The highest BCUT2D eigenvalue weighted by Crippen LogP contribution is 2.35. The van der Waals surface area contributed by atoms with E-state index in [1.54, 1.807) is 6.07 Å². The third-order valence-electron chi connectivity index (χ3n) is 5.16. The van der Waals surface area contributed by atoms with Gasteiger partial charge in [0, 0.05) is 18.6 Å². The number of fused-ring (bicyclic) bond motifs is 1. The summed E-state index contributed by atoms with van der Waals surface area (Å²) in [4.78, 5) is 30.4. The number of hydrogen-bond acceptors (Lipinski definition) is 9. The number of aromatic nitrogens is 3. The number of ether oxygens (including phenoxy) is 1. The smallest absolute Gasteiger partial charge is 0.432 e. The Hall–Kier alpha value is -3.03. The number of alkyl halides is 3. The molecule has 0 radical (unpaired) electrons. The zero-order valence-electron chi connectivity index (χ0n) is 16.8. The van der Waals surface area contributed by atoms with E-state index in [1.807, 2.05) is 0 Å². The number of rotatable bonds is 4. The van der Waals surface area contributed by atoms with Crippen molar-refractivity contribution in [3.8, 4) is 5.88 Å². The van der Waals surface area contributed by atoms with E-state index in [9.17, 15) is 18.0 Å². The van der Waals surface area contributed by atoms with Crippen LogP contribution in [0.1, 0.15) is 24.0 Å². The topological polar surface area (TPSA) is 115 Å². The second-order valence-electron chi connectivity index (χ2n) is 7.22. The van der Waals surface area contributed by atoms with Crippen molar-refractivity contribution in [2.75, 3.05) is 25.5 Å². The van der Waals surface area contributed by atoms with Gasteiger partial charge in [0.2, 0.25) is 5.88 Å². The predicted molar refractivity (Wildman–Crippen MR) is 110 cm³/mol. The summed E-state index contributed by atoms with van der Waals surface area (Å²) in [6, 6.07) is 5.02. The van der Waals surface area contributed by atoms with Crippen LogP contribution in [-0.2, 0) is 16.6 Å². The van der Waals surface area contributed by atoms with Crippen LogP contribution in [0.25, 0.3) is 10.3 Å². The second kappa shape index (κ2) is 8.48. The maximum absolute atomic E-state index is 13.0. The molecule has 13 heteroatoms. The molecule has 1 aliphatic rings. The van der Waals surface area contributed by atoms with E-state index < -0.39 is 23.4 Å². The fourth-order valence-corrected chi connectivity index (χ4v) is 4.22. The molecule has 1 saturated heterocycles. The molecule has 0 saturated carbocycles. The number of piperidine rings is 1. The molecule has 4 rings (SSSR count). The van der Waals surface area contributed by atoms with Crippen LogP contribution in [0.5, 0.6) is 5.88 Å². The van der Waals surface area contributed by atoms with E-state index in [-0.39, 0.29) is 24.1 Å². The van der Waals surface area contributed by atoms with Crippen LogP contribution in [0.4, 0.5) is 23.1 Å². The molecule has 1 aliphatic heterocycles. The molecular formula is C19H19F3N6O3S. The van der Waals surface area contributed by atoms with Gasteiger partial charge in [0.05, 0.1) is 12.7 Å². The summed E-state index contributed by atoms with van der Waals surface area (Å²) in [6.45, 7) is 0.526. The van der Waals surface area contributed by atoms with E-state index in [1.165, 1.54) is 24.6 Å². The number of carbonyl (C=O) groups excluding carboxylic acids is 1. The number of nitrogens with two attached hydrogens (primary N) is 1. The third-order valence-corrected chi connectivity index (χ3v) is 6.03. The molecule has 0 aliphatic carbocycles. The molecule has 9 nitrogen and oxygen atoms in total. The lowest BCUT2D eigenvalue weighted by Crippen LogP contribution is -2.48. The number of halogens is 3. The molecule has 1 fully saturated rings. The molecule has 0 unspecified atom stereocenters. The number of hydrogen-bond donors (Lipinski definition) is 2. The lowest BCUT2D eigenvalue weighted by atomic mass is 9.82. The number of carbonyl (C=O) groups is 1. The zero-order chi connectivity index (χ0) is 22.9. The highest BCUT2D eigenvalue weighted by Gasteiger charge is 2.36. The lowest BCUT2D eigenvalue weighted by molar-refractivity contribution is -0.137. The summed E-state index contributed by atoms with van der Waals surface area (Å²) >= 11 is 1.13. The van der Waals surface area contributed by atoms with Gasteiger partial charge in [-0.2, -0.15) is 18.2 Å². The Morgan fingerprint density at radius 2 is 2.03 bits per heavy atom. The van der Waals surface area contributed by atoms with Gasteiger partial charge in [-0.25, -0.2) is 14.8 Å². The molecule has 170 valence electrons. The number of amides is 1. The molecule has 2 aromatic heterocycles. The van der Waals surface area contributed by atoms with Crippen molar-refractivity contribution in [3.63, 3.8) is 0 Å². The van der Waals surface area contributed by atoms with Crippen molar-refractivity contribution < 1.29 is 27.5 Å². The fraction of sp³-hybridized carbons (Fsp3) is 0.368. The van der Waals surface area contributed by atoms with Crippen molar-refractivity contribution in [1.82, 2.24) is 20.0 Å². The molecular weight excluding hydrogens is 449 g/mol. The van der Waals surface area contributed by atoms with Gasteiger partial charge >= 0.3 is 12.3 Å². The van der Waals surface area contributed by atoms with Crippen LogP contribution >= 0.6 is 11.3 Å². The molecule has 32 heavy (non-hydrogen) atoms. The Bertz CT molecular complexity index is 1130. The minimum atomic E-state index is -4.44. The van der Waals surface area contributed by atoms with Crippen molar-refractivity contribution in [3.05, 3.63) is 41.7 Å². The number of nitrogens with one attached hydrogen (secondary N) is 1. The van der Waals surface area contributed by atoms with Gasteiger partial charge in [0.15, 0.2) is 15.5 Å². The number of anilines is 1. The Kier molecular flexibility index (Phi) is 5.88. The summed E-state index contributed by atoms with van der Waals surface area (Å²) in [5.41, 5.74) is 5.53. The quantitative estimate of drug-likeness (QED) is 0.598. The van der Waals surface area contributed by atoms with Crippen molar-refractivity contribution in [2.24, 2.45) is 5.73 Å². The van der Waals surface area contributed by atoms with E-state index >= 15 is 0 Å². The standard InChI is InChI=1S/C19H19F3N6O3S/c1-30-14-13-15(25-10-24-14)32-16(26-13)27-17(29)31-28-7-5-18(23,6-8-28)11-3-2-4-12(9-11)19(20,21)22/h2-4,9-10H,5-8,23H2,1H3,(H,26,27,29). The molecule has 1 amide bonds. The number of thiazole rings is 1. The van der Waals surface area contributed by atoms with Crippen LogP contribution in [0.3, 0.4) is 0 Å². The maximum Gasteiger partial charge on any atom is 0.432 e. The molecule has 0 spiro atoms. The summed E-state index contributed by atoms with van der Waals surface area (Å²) < 4.78 is 44.2. The Morgan fingerprint density at radius 3 is 2.72 bits per heavy atom. The van der Waals surface area contributed by atoms with Gasteiger partial charge in [0.1, 0.15) is 6.33 Å². The average Bonchev–Trinajstić information content (AvgIpc) is 3.17. The minimum absolute atomic E-state index is 0.262. The Morgan fingerprint density at radius 1 is 1.28 bits per heavy atom. The summed E-state index contributed by atoms with van der Waals surface area (Å²) in [7, 11) is 1.45. The normalized spacial score (nSPS) is 16.7. The van der Waals surface area contributed by atoms with E-state index in [2.05, 4.69) is 20.3 Å². The fourth-order valence-electron chi connectivity index (χ4n) is 3.43. The Labute approximate surface area is 184 Å². The summed E-state index contributed by atoms with van der Waals surface area (Å²) in [5, 5.41) is 4.21. The number of benzene rings is 1. The van der Waals surface area contributed by atoms with Gasteiger partial charge < -0.3 is 15.3 Å². The van der Waals surface area contributed by atoms with Gasteiger partial charge in [-0.3, -0.25) is 5.32 Å². The van der Waals surface area contributed by atoms with Gasteiger partial charge in [-0.15, -0.1) is 5.06 Å². The summed E-state index contributed by atoms with van der Waals surface area (Å²) in [5.74, 6) is 0.289. The van der Waals surface area contributed by atoms with Crippen LogP contribution in [0, 0.1) is 0 Å². The molecule has 3 N–H and O–H groups in total. The predicted octanol–water partition coefficient (Wildman–Crippen LogP) is 3.53. The molecule has 3 heterocycles. The first-order valence-corrected chi connectivity index (χ1v) is 10.4. The number of hydroxylamine groups is 2. The Balaban J connectivity index is 1.36. The molecule has 3 aromatic rings. The molecule has 1 aromatic carbocycles. The average molecular weight is 468 g/mol. The van der Waals surface area contributed by atoms with E-state index in [0.29, 0.717) is 28.8 Å². The van der Waals surface area contributed by atoms with Gasteiger partial charge in [0.25, 0.3) is 0 Å². The first kappa shape index (κ1) is 22.2. The second-order valence-corrected chi connectivity index (χ2v) is 8.20. The summed E-state index contributed by atoms with van der Waals surface area (Å²) in [6.07, 6.45) is -3.23. The third kappa shape index (κ3) is 4.59. The van der Waals surface area contributed by atoms with Crippen molar-refractivity contribution >= 4 is 32.9 Å². The minimum Gasteiger partial charge on any atom is -0.479 e. The largest absolute Gasteiger partial charge is 0.479 e. The number of nitrogens with zero attached hydrogens (tertiary/aromatic N) is 4. The zero-order valence-corrected chi connectivity index (χ0v) is 17.7. The highest BCUT2D eigenvalue weighted by molar-refractivity contribution is 7.22. The van der Waals surface area contributed by atoms with Gasteiger partial charge in [-0.05, 0) is 30.5 Å². The van der Waals surface area contributed by atoms with E-state index in [0.717, 1.165) is 23.5 Å². The highest BCUT2D eigenvalue weighted by atomic mass is 32.1. The van der Waals surface area contributed by atoms with E-state index in [4.69, 9.17) is 15.3 Å². The van der Waals surface area contributed by atoms with Crippen molar-refractivity contribution in [1.29, 1.82) is 0 Å². The van der Waals surface area contributed by atoms with Crippen molar-refractivity contribution in [2.45, 2.75) is 24.6 Å². The number of methoxy groups -OCH3 is 1. The van der Waals surface area contributed by atoms with Crippen LogP contribution in [0.2, 0.25) is 0 Å². The molecule has 0 atom stereocenters. The monoisotopic (exact) mass is 468 g/mol.